The second-order valence-electron chi connectivity index (χ2n) is 29.4. The highest BCUT2D eigenvalue weighted by Gasteiger charge is 2.53. The molecule has 0 spiro atoms. The van der Waals surface area contributed by atoms with Gasteiger partial charge in [0.2, 0.25) is 0 Å². The molecular formula is C71H81BN2S. The number of allylic oxidation sites excluding steroid dienone is 4. The highest BCUT2D eigenvalue weighted by Crippen LogP contribution is 2.61. The summed E-state index contributed by atoms with van der Waals surface area (Å²) in [6, 6.07) is 41.7. The minimum Gasteiger partial charge on any atom is -0.314 e. The Morgan fingerprint density at radius 1 is 0.547 bits per heavy atom. The van der Waals surface area contributed by atoms with E-state index in [0.29, 0.717) is 5.92 Å². The maximum atomic E-state index is 2.88. The van der Waals surface area contributed by atoms with Gasteiger partial charge in [-0.15, -0.1) is 11.3 Å². The molecule has 0 radical (unpaired) electrons. The van der Waals surface area contributed by atoms with Crippen molar-refractivity contribution < 1.29 is 0 Å². The molecule has 0 bridgehead atoms. The Morgan fingerprint density at radius 2 is 1.12 bits per heavy atom. The standard InChI is InChI=1S/C71H81BN2S/c1-42-34-59-62-60(35-42)74(57-39-53-50(66(5,6)28-31-69(53,11)12)36-48(57)47-23-19-21-43-20-17-18-22-46(43)47)58-40-54-52(68(9,10)30-32-70(54,13)14)38-56(58)72(62)64-63(73(59)45-26-24-44(25-27-45)65(2,3)4)49-37-51-55(41-61(49)75-64)71(15,16)33-29-67(51,7)8/h17-27,34-39,41,54H,28-33,40H2,1-16H3. The number of nitrogens with zero attached hydrogens (tertiary/aromatic N) is 2. The molecule has 3 heterocycles. The third-order valence-electron chi connectivity index (χ3n) is 20.6. The average Bonchev–Trinajstić information content (AvgIpc) is 3.79. The van der Waals surface area contributed by atoms with Crippen LogP contribution in [0.1, 0.15) is 182 Å². The van der Waals surface area contributed by atoms with Crippen molar-refractivity contribution in [2.24, 2.45) is 16.7 Å². The summed E-state index contributed by atoms with van der Waals surface area (Å²) in [5.74, 6) is 0.432. The van der Waals surface area contributed by atoms with Crippen LogP contribution in [0.4, 0.5) is 28.4 Å². The summed E-state index contributed by atoms with van der Waals surface area (Å²) in [5, 5.41) is 4.02. The van der Waals surface area contributed by atoms with Crippen LogP contribution in [-0.2, 0) is 27.1 Å². The minimum absolute atomic E-state index is 0.0256. The number of hydrogen-bond acceptors (Lipinski definition) is 3. The molecule has 4 aliphatic carbocycles. The summed E-state index contributed by atoms with van der Waals surface area (Å²) in [4.78, 5) is 5.61. The normalized spacial score (nSPS) is 22.2. The Kier molecular flexibility index (Phi) is 10.4. The van der Waals surface area contributed by atoms with Crippen molar-refractivity contribution in [3.63, 3.8) is 0 Å². The molecule has 13 rings (SSSR count). The number of thiophene rings is 1. The summed E-state index contributed by atoms with van der Waals surface area (Å²) in [6.07, 6.45) is 11.0. The van der Waals surface area contributed by atoms with Crippen molar-refractivity contribution in [2.75, 3.05) is 9.80 Å². The second kappa shape index (κ2) is 15.9. The molecule has 6 aliphatic rings. The lowest BCUT2D eigenvalue weighted by Crippen LogP contribution is -2.56. The number of aryl methyl sites for hydroxylation is 1. The first-order valence-corrected chi connectivity index (χ1v) is 29.6. The fourth-order valence-electron chi connectivity index (χ4n) is 15.4. The molecule has 7 aromatic rings. The summed E-state index contributed by atoms with van der Waals surface area (Å²) in [7, 11) is 0. The fourth-order valence-corrected chi connectivity index (χ4v) is 16.7. The predicted molar refractivity (Wildman–Crippen MR) is 327 cm³/mol. The van der Waals surface area contributed by atoms with Gasteiger partial charge in [-0.3, -0.25) is 0 Å². The Balaban J connectivity index is 1.18. The molecule has 384 valence electrons. The van der Waals surface area contributed by atoms with Crippen molar-refractivity contribution in [3.8, 4) is 11.1 Å². The van der Waals surface area contributed by atoms with Crippen LogP contribution in [0, 0.1) is 23.7 Å². The fraction of sp³-hybridized carbons (Fsp3) is 0.437. The highest BCUT2D eigenvalue weighted by atomic mass is 32.1. The van der Waals surface area contributed by atoms with Crippen LogP contribution in [0.2, 0.25) is 0 Å². The van der Waals surface area contributed by atoms with E-state index in [2.05, 4.69) is 241 Å². The Bertz CT molecular complexity index is 3650. The van der Waals surface area contributed by atoms with E-state index in [-0.39, 0.29) is 44.6 Å². The molecule has 2 aliphatic heterocycles. The molecule has 75 heavy (non-hydrogen) atoms. The number of hydrogen-bond donors (Lipinski definition) is 0. The first-order chi connectivity index (χ1) is 35.2. The molecule has 1 atom stereocenters. The van der Waals surface area contributed by atoms with Crippen molar-refractivity contribution in [3.05, 3.63) is 159 Å². The van der Waals surface area contributed by atoms with Crippen molar-refractivity contribution in [2.45, 2.75) is 183 Å². The first-order valence-electron chi connectivity index (χ1n) is 28.8. The lowest BCUT2D eigenvalue weighted by atomic mass is 9.34. The van der Waals surface area contributed by atoms with Gasteiger partial charge in [0.1, 0.15) is 0 Å². The third kappa shape index (κ3) is 7.29. The quantitative estimate of drug-likeness (QED) is 0.163. The van der Waals surface area contributed by atoms with Gasteiger partial charge >= 0.3 is 0 Å². The number of rotatable bonds is 3. The lowest BCUT2D eigenvalue weighted by molar-refractivity contribution is 0.121. The van der Waals surface area contributed by atoms with Crippen molar-refractivity contribution in [1.29, 1.82) is 0 Å². The van der Waals surface area contributed by atoms with Crippen LogP contribution < -0.4 is 20.0 Å². The molecule has 1 unspecified atom stereocenters. The average molecular weight is 1010 g/mol. The van der Waals surface area contributed by atoms with E-state index >= 15 is 0 Å². The van der Waals surface area contributed by atoms with Crippen LogP contribution in [-0.4, -0.2) is 6.71 Å². The van der Waals surface area contributed by atoms with Crippen LogP contribution >= 0.6 is 11.3 Å². The van der Waals surface area contributed by atoms with E-state index in [9.17, 15) is 0 Å². The molecule has 1 aromatic heterocycles. The van der Waals surface area contributed by atoms with Crippen molar-refractivity contribution >= 4 is 77.6 Å². The van der Waals surface area contributed by atoms with Gasteiger partial charge in [-0.25, -0.2) is 0 Å². The van der Waals surface area contributed by atoms with Gasteiger partial charge in [-0.05, 0) is 205 Å². The van der Waals surface area contributed by atoms with Gasteiger partial charge in [0, 0.05) is 43.2 Å². The van der Waals surface area contributed by atoms with E-state index in [1.165, 1.54) is 148 Å². The zero-order valence-electron chi connectivity index (χ0n) is 48.3. The smallest absolute Gasteiger partial charge is 0.264 e. The Hall–Kier alpha value is -5.32. The Labute approximate surface area is 454 Å². The van der Waals surface area contributed by atoms with E-state index in [1.807, 2.05) is 0 Å². The van der Waals surface area contributed by atoms with Crippen LogP contribution in [0.5, 0.6) is 0 Å². The minimum atomic E-state index is 0.0256. The maximum absolute atomic E-state index is 2.88. The number of benzene rings is 6. The molecule has 1 saturated carbocycles. The third-order valence-corrected chi connectivity index (χ3v) is 21.8. The zero-order valence-corrected chi connectivity index (χ0v) is 49.1. The topological polar surface area (TPSA) is 6.48 Å². The molecule has 6 aromatic carbocycles. The van der Waals surface area contributed by atoms with Gasteiger partial charge < -0.3 is 9.80 Å². The predicted octanol–water partition coefficient (Wildman–Crippen LogP) is 19.2. The summed E-state index contributed by atoms with van der Waals surface area (Å²) < 4.78 is 2.92. The van der Waals surface area contributed by atoms with E-state index < -0.39 is 0 Å². The first kappa shape index (κ1) is 49.3. The van der Waals surface area contributed by atoms with Crippen LogP contribution in [0.25, 0.3) is 32.0 Å². The monoisotopic (exact) mass is 1000 g/mol. The summed E-state index contributed by atoms with van der Waals surface area (Å²) >= 11 is 2.10. The SMILES string of the molecule is Cc1cc2c3c(c1)N(c1ccc(C(C)(C)C)cc1)c1c(sc4cc5c(cc14)C(C)(C)CCC5(C)C)B3C1=C(CC3C(=C1)C(C)(C)CCC3(C)C)N2c1cc2c(cc1-c1cccc3ccccc13)C(C)(C)CCC2(C)C. The van der Waals surface area contributed by atoms with Gasteiger partial charge in [-0.1, -0.05) is 170 Å². The lowest BCUT2D eigenvalue weighted by Gasteiger charge is -2.54. The molecule has 0 saturated heterocycles. The highest BCUT2D eigenvalue weighted by molar-refractivity contribution is 7.33. The van der Waals surface area contributed by atoms with E-state index in [4.69, 9.17) is 0 Å². The van der Waals surface area contributed by atoms with E-state index in [0.717, 1.165) is 6.42 Å². The second-order valence-corrected chi connectivity index (χ2v) is 30.5. The summed E-state index contributed by atoms with van der Waals surface area (Å²) in [5.41, 5.74) is 24.8. The molecule has 1 fully saturated rings. The molecule has 0 N–H and O–H groups in total. The number of anilines is 5. The number of fused-ring (bicyclic) bond motifs is 9. The van der Waals surface area contributed by atoms with Gasteiger partial charge in [0.15, 0.2) is 0 Å². The molecule has 0 amide bonds. The van der Waals surface area contributed by atoms with E-state index in [1.54, 1.807) is 11.1 Å². The Morgan fingerprint density at radius 3 is 1.77 bits per heavy atom. The van der Waals surface area contributed by atoms with Gasteiger partial charge in [-0.2, -0.15) is 0 Å². The zero-order chi connectivity index (χ0) is 52.9. The molecule has 2 nitrogen and oxygen atoms in total. The molecular weight excluding hydrogens is 924 g/mol. The van der Waals surface area contributed by atoms with Crippen LogP contribution in [0.3, 0.4) is 0 Å². The van der Waals surface area contributed by atoms with Crippen molar-refractivity contribution in [1.82, 2.24) is 0 Å². The summed E-state index contributed by atoms with van der Waals surface area (Å²) in [6.45, 7) is 39.8. The largest absolute Gasteiger partial charge is 0.314 e. The molecule has 4 heteroatoms. The van der Waals surface area contributed by atoms with Gasteiger partial charge in [0.05, 0.1) is 11.4 Å². The van der Waals surface area contributed by atoms with Gasteiger partial charge in [0.25, 0.3) is 6.71 Å². The van der Waals surface area contributed by atoms with Crippen LogP contribution in [0.15, 0.2) is 126 Å². The maximum Gasteiger partial charge on any atom is 0.264 e.